The number of aryl methyl sites for hydroxylation is 1. The SMILES string of the molecule is CC(C)c1noc(CCCC(=O)NCC2CCCO2)n1. The summed E-state index contributed by atoms with van der Waals surface area (Å²) in [6, 6.07) is 0. The lowest BCUT2D eigenvalue weighted by Gasteiger charge is -2.10. The van der Waals surface area contributed by atoms with E-state index < -0.39 is 0 Å². The Labute approximate surface area is 119 Å². The first kappa shape index (κ1) is 15.0. The zero-order valence-corrected chi connectivity index (χ0v) is 12.2. The van der Waals surface area contributed by atoms with Crippen molar-refractivity contribution in [3.63, 3.8) is 0 Å². The van der Waals surface area contributed by atoms with Crippen molar-refractivity contribution in [3.8, 4) is 0 Å². The molecule has 112 valence electrons. The molecule has 0 aliphatic carbocycles. The average Bonchev–Trinajstić information content (AvgIpc) is 3.07. The highest BCUT2D eigenvalue weighted by Gasteiger charge is 2.16. The van der Waals surface area contributed by atoms with Gasteiger partial charge in [-0.3, -0.25) is 4.79 Å². The fourth-order valence-corrected chi connectivity index (χ4v) is 2.13. The summed E-state index contributed by atoms with van der Waals surface area (Å²) >= 11 is 0. The lowest BCUT2D eigenvalue weighted by Crippen LogP contribution is -2.31. The normalized spacial score (nSPS) is 18.6. The third kappa shape index (κ3) is 4.59. The number of amides is 1. The van der Waals surface area contributed by atoms with Crippen LogP contribution in [0.5, 0.6) is 0 Å². The minimum Gasteiger partial charge on any atom is -0.376 e. The van der Waals surface area contributed by atoms with Crippen LogP contribution in [0.3, 0.4) is 0 Å². The van der Waals surface area contributed by atoms with Crippen molar-refractivity contribution in [1.29, 1.82) is 0 Å². The maximum atomic E-state index is 11.7. The van der Waals surface area contributed by atoms with Crippen molar-refractivity contribution in [2.45, 2.75) is 58.0 Å². The predicted molar refractivity (Wildman–Crippen MR) is 73.3 cm³/mol. The number of hydrogen-bond donors (Lipinski definition) is 1. The van der Waals surface area contributed by atoms with Crippen LogP contribution in [0.1, 0.15) is 57.2 Å². The Hall–Kier alpha value is -1.43. The van der Waals surface area contributed by atoms with Crippen molar-refractivity contribution < 1.29 is 14.1 Å². The molecule has 1 saturated heterocycles. The van der Waals surface area contributed by atoms with Crippen LogP contribution in [-0.4, -0.2) is 35.3 Å². The van der Waals surface area contributed by atoms with Gasteiger partial charge in [0.15, 0.2) is 5.82 Å². The van der Waals surface area contributed by atoms with Crippen molar-refractivity contribution in [2.75, 3.05) is 13.2 Å². The van der Waals surface area contributed by atoms with Gasteiger partial charge in [0, 0.05) is 31.9 Å². The van der Waals surface area contributed by atoms with E-state index in [1.807, 2.05) is 13.8 Å². The van der Waals surface area contributed by atoms with E-state index in [2.05, 4.69) is 15.5 Å². The van der Waals surface area contributed by atoms with E-state index in [9.17, 15) is 4.79 Å². The Morgan fingerprint density at radius 3 is 3.00 bits per heavy atom. The quantitative estimate of drug-likeness (QED) is 0.824. The van der Waals surface area contributed by atoms with E-state index in [-0.39, 0.29) is 17.9 Å². The van der Waals surface area contributed by atoms with E-state index >= 15 is 0 Å². The van der Waals surface area contributed by atoms with Gasteiger partial charge in [0.05, 0.1) is 6.10 Å². The van der Waals surface area contributed by atoms with Crippen LogP contribution in [-0.2, 0) is 16.0 Å². The smallest absolute Gasteiger partial charge is 0.226 e. The maximum absolute atomic E-state index is 11.7. The largest absolute Gasteiger partial charge is 0.376 e. The molecule has 0 spiro atoms. The standard InChI is InChI=1S/C14H23N3O3/c1-10(2)14-16-13(20-17-14)7-3-6-12(18)15-9-11-5-4-8-19-11/h10-11H,3-9H2,1-2H3,(H,15,18). The van der Waals surface area contributed by atoms with Gasteiger partial charge in [-0.1, -0.05) is 19.0 Å². The first-order valence-corrected chi connectivity index (χ1v) is 7.36. The average molecular weight is 281 g/mol. The van der Waals surface area contributed by atoms with Crippen molar-refractivity contribution in [2.24, 2.45) is 0 Å². The number of hydrogen-bond acceptors (Lipinski definition) is 5. The maximum Gasteiger partial charge on any atom is 0.226 e. The summed E-state index contributed by atoms with van der Waals surface area (Å²) in [6.07, 6.45) is 4.18. The molecule has 1 fully saturated rings. The monoisotopic (exact) mass is 281 g/mol. The molecule has 1 N–H and O–H groups in total. The highest BCUT2D eigenvalue weighted by molar-refractivity contribution is 5.75. The molecule has 1 atom stereocenters. The number of ether oxygens (including phenoxy) is 1. The molecule has 1 amide bonds. The second-order valence-electron chi connectivity index (χ2n) is 5.49. The Bertz CT molecular complexity index is 425. The Kier molecular flexibility index (Phi) is 5.52. The lowest BCUT2D eigenvalue weighted by molar-refractivity contribution is -0.121. The summed E-state index contributed by atoms with van der Waals surface area (Å²) in [5.41, 5.74) is 0. The molecule has 20 heavy (non-hydrogen) atoms. The summed E-state index contributed by atoms with van der Waals surface area (Å²) in [7, 11) is 0. The van der Waals surface area contributed by atoms with E-state index in [0.717, 1.165) is 31.7 Å². The lowest BCUT2D eigenvalue weighted by atomic mass is 10.2. The van der Waals surface area contributed by atoms with Gasteiger partial charge >= 0.3 is 0 Å². The summed E-state index contributed by atoms with van der Waals surface area (Å²) in [6.45, 7) is 5.48. The number of carbonyl (C=O) groups is 1. The molecule has 1 unspecified atom stereocenters. The summed E-state index contributed by atoms with van der Waals surface area (Å²) in [4.78, 5) is 16.0. The molecule has 1 aliphatic rings. The fraction of sp³-hybridized carbons (Fsp3) is 0.786. The molecule has 0 radical (unpaired) electrons. The van der Waals surface area contributed by atoms with Crippen LogP contribution in [0, 0.1) is 0 Å². The topological polar surface area (TPSA) is 77.2 Å². The molecule has 1 aliphatic heterocycles. The summed E-state index contributed by atoms with van der Waals surface area (Å²) in [5.74, 6) is 1.66. The van der Waals surface area contributed by atoms with Gasteiger partial charge in [0.1, 0.15) is 0 Å². The van der Waals surface area contributed by atoms with Crippen LogP contribution >= 0.6 is 0 Å². The van der Waals surface area contributed by atoms with Gasteiger partial charge in [0.2, 0.25) is 11.8 Å². The molecule has 6 nitrogen and oxygen atoms in total. The van der Waals surface area contributed by atoms with E-state index in [0.29, 0.717) is 25.3 Å². The van der Waals surface area contributed by atoms with Gasteiger partial charge < -0.3 is 14.6 Å². The highest BCUT2D eigenvalue weighted by Crippen LogP contribution is 2.12. The van der Waals surface area contributed by atoms with Gasteiger partial charge in [-0.05, 0) is 19.3 Å². The van der Waals surface area contributed by atoms with Gasteiger partial charge in [-0.25, -0.2) is 0 Å². The Morgan fingerprint density at radius 2 is 2.35 bits per heavy atom. The zero-order chi connectivity index (χ0) is 14.4. The second-order valence-corrected chi connectivity index (χ2v) is 5.49. The molecule has 2 heterocycles. The Morgan fingerprint density at radius 1 is 1.50 bits per heavy atom. The predicted octanol–water partition coefficient (Wildman–Crippen LogP) is 1.81. The van der Waals surface area contributed by atoms with Crippen LogP contribution in [0.25, 0.3) is 0 Å². The van der Waals surface area contributed by atoms with Crippen LogP contribution in [0.15, 0.2) is 4.52 Å². The Balaban J connectivity index is 1.60. The third-order valence-corrected chi connectivity index (χ3v) is 3.35. The molecule has 2 rings (SSSR count). The highest BCUT2D eigenvalue weighted by atomic mass is 16.5. The van der Waals surface area contributed by atoms with E-state index in [4.69, 9.17) is 9.26 Å². The van der Waals surface area contributed by atoms with Crippen LogP contribution in [0.4, 0.5) is 0 Å². The number of aromatic nitrogens is 2. The minimum atomic E-state index is 0.0594. The summed E-state index contributed by atoms with van der Waals surface area (Å²) in [5, 5.41) is 6.80. The zero-order valence-electron chi connectivity index (χ0n) is 12.2. The van der Waals surface area contributed by atoms with Crippen molar-refractivity contribution in [1.82, 2.24) is 15.5 Å². The fourth-order valence-electron chi connectivity index (χ4n) is 2.13. The first-order chi connectivity index (χ1) is 9.65. The molecule has 6 heteroatoms. The molecule has 0 bridgehead atoms. The van der Waals surface area contributed by atoms with E-state index in [1.165, 1.54) is 0 Å². The third-order valence-electron chi connectivity index (χ3n) is 3.35. The van der Waals surface area contributed by atoms with Gasteiger partial charge in [-0.15, -0.1) is 0 Å². The van der Waals surface area contributed by atoms with Crippen molar-refractivity contribution >= 4 is 5.91 Å². The summed E-state index contributed by atoms with van der Waals surface area (Å²) < 4.78 is 10.6. The molecule has 0 saturated carbocycles. The first-order valence-electron chi connectivity index (χ1n) is 7.36. The van der Waals surface area contributed by atoms with E-state index in [1.54, 1.807) is 0 Å². The molecular formula is C14H23N3O3. The minimum absolute atomic E-state index is 0.0594. The van der Waals surface area contributed by atoms with Crippen molar-refractivity contribution in [3.05, 3.63) is 11.7 Å². The van der Waals surface area contributed by atoms with Gasteiger partial charge in [-0.2, -0.15) is 4.98 Å². The number of nitrogens with zero attached hydrogens (tertiary/aromatic N) is 2. The molecule has 0 aromatic carbocycles. The molecule has 1 aromatic heterocycles. The second kappa shape index (κ2) is 7.38. The van der Waals surface area contributed by atoms with Crippen LogP contribution < -0.4 is 5.32 Å². The number of rotatable bonds is 7. The number of nitrogens with one attached hydrogen (secondary N) is 1. The molecule has 1 aromatic rings. The number of carbonyl (C=O) groups excluding carboxylic acids is 1. The van der Waals surface area contributed by atoms with Crippen LogP contribution in [0.2, 0.25) is 0 Å². The molecular weight excluding hydrogens is 258 g/mol. The van der Waals surface area contributed by atoms with Gasteiger partial charge in [0.25, 0.3) is 0 Å².